The fraction of sp³-hybridized carbons (Fsp3) is 0.429. The highest BCUT2D eigenvalue weighted by Crippen LogP contribution is 2.39. The Bertz CT molecular complexity index is 1190. The standard InChI is InChI=1S/C28H37N3O5Si/c1-34-22-8-6-19(7-9-22)21-15-25-28(33)31(18-36-12-13-37(3,4)5)24-14-20(10-11-29)26(35-2)16-23(24)27(32)30(25)17-21/h6-9,14,16-17,25H,10-13,15,18,29H2,1-5H3. The summed E-state index contributed by atoms with van der Waals surface area (Å²) in [5, 5.41) is 0. The number of nitrogens with two attached hydrogens (primary N) is 1. The third kappa shape index (κ3) is 5.74. The van der Waals surface area contributed by atoms with Crippen molar-refractivity contribution in [2.75, 3.05) is 39.0 Å². The van der Waals surface area contributed by atoms with Crippen LogP contribution in [0.25, 0.3) is 5.57 Å². The van der Waals surface area contributed by atoms with E-state index in [1.807, 2.05) is 30.3 Å². The first-order valence-electron chi connectivity index (χ1n) is 12.6. The van der Waals surface area contributed by atoms with Gasteiger partial charge >= 0.3 is 0 Å². The SMILES string of the molecule is COc1ccc(C2=CN3C(=O)c4cc(OC)c(CCN)cc4N(COCC[Si](C)(C)C)C(=O)C3C2)cc1. The number of carbonyl (C=O) groups excluding carboxylic acids is 2. The molecule has 198 valence electrons. The number of rotatable bonds is 10. The van der Waals surface area contributed by atoms with Crippen LogP contribution in [0.1, 0.15) is 27.9 Å². The van der Waals surface area contributed by atoms with Gasteiger partial charge in [0.1, 0.15) is 24.3 Å². The van der Waals surface area contributed by atoms with Crippen molar-refractivity contribution in [3.05, 3.63) is 59.3 Å². The second-order valence-electron chi connectivity index (χ2n) is 10.6. The number of methoxy groups -OCH3 is 2. The summed E-state index contributed by atoms with van der Waals surface area (Å²) in [6, 6.07) is 11.6. The second-order valence-corrected chi connectivity index (χ2v) is 16.3. The number of benzene rings is 2. The second kappa shape index (κ2) is 11.1. The molecular weight excluding hydrogens is 486 g/mol. The van der Waals surface area contributed by atoms with Crippen molar-refractivity contribution in [1.29, 1.82) is 0 Å². The maximum Gasteiger partial charge on any atom is 0.260 e. The Morgan fingerprint density at radius 2 is 1.78 bits per heavy atom. The Morgan fingerprint density at radius 1 is 1.05 bits per heavy atom. The Kier molecular flexibility index (Phi) is 8.06. The molecule has 2 aromatic carbocycles. The van der Waals surface area contributed by atoms with Gasteiger partial charge in [0.05, 0.1) is 25.5 Å². The molecular formula is C28H37N3O5Si. The highest BCUT2D eigenvalue weighted by Gasteiger charge is 2.43. The van der Waals surface area contributed by atoms with E-state index in [9.17, 15) is 9.59 Å². The lowest BCUT2D eigenvalue weighted by Gasteiger charge is -2.27. The van der Waals surface area contributed by atoms with Crippen LogP contribution in [0.3, 0.4) is 0 Å². The maximum atomic E-state index is 14.0. The van der Waals surface area contributed by atoms with Gasteiger partial charge in [-0.05, 0) is 60.0 Å². The number of ether oxygens (including phenoxy) is 3. The Balaban J connectivity index is 1.72. The van der Waals surface area contributed by atoms with Crippen molar-refractivity contribution in [3.8, 4) is 11.5 Å². The summed E-state index contributed by atoms with van der Waals surface area (Å²) in [5.74, 6) is 0.935. The van der Waals surface area contributed by atoms with Crippen LogP contribution in [0, 0.1) is 0 Å². The van der Waals surface area contributed by atoms with Crippen LogP contribution >= 0.6 is 0 Å². The van der Waals surface area contributed by atoms with E-state index in [-0.39, 0.29) is 18.5 Å². The molecule has 0 radical (unpaired) electrons. The minimum absolute atomic E-state index is 0.0835. The predicted octanol–water partition coefficient (Wildman–Crippen LogP) is 4.12. The molecule has 0 aliphatic carbocycles. The lowest BCUT2D eigenvalue weighted by molar-refractivity contribution is -0.122. The minimum Gasteiger partial charge on any atom is -0.497 e. The topological polar surface area (TPSA) is 94.3 Å². The lowest BCUT2D eigenvalue weighted by Crippen LogP contribution is -2.45. The molecule has 2 heterocycles. The molecule has 2 amide bonds. The number of amides is 2. The van der Waals surface area contributed by atoms with Crippen molar-refractivity contribution >= 4 is 31.1 Å². The van der Waals surface area contributed by atoms with Gasteiger partial charge in [-0.2, -0.15) is 0 Å². The van der Waals surface area contributed by atoms with E-state index in [4.69, 9.17) is 19.9 Å². The Morgan fingerprint density at radius 3 is 2.41 bits per heavy atom. The molecule has 2 aromatic rings. The molecule has 0 saturated carbocycles. The molecule has 0 spiro atoms. The largest absolute Gasteiger partial charge is 0.497 e. The van der Waals surface area contributed by atoms with E-state index in [0.29, 0.717) is 43.0 Å². The molecule has 4 rings (SSSR count). The summed E-state index contributed by atoms with van der Waals surface area (Å²) in [6.45, 7) is 7.94. The third-order valence-electron chi connectivity index (χ3n) is 6.84. The minimum atomic E-state index is -1.30. The van der Waals surface area contributed by atoms with Crippen molar-refractivity contribution in [1.82, 2.24) is 4.90 Å². The number of carbonyl (C=O) groups is 2. The molecule has 2 aliphatic heterocycles. The zero-order valence-corrected chi connectivity index (χ0v) is 23.4. The number of anilines is 1. The molecule has 9 heteroatoms. The quantitative estimate of drug-likeness (QED) is 0.372. The van der Waals surface area contributed by atoms with E-state index in [1.54, 1.807) is 36.3 Å². The number of nitrogens with zero attached hydrogens (tertiary/aromatic N) is 2. The molecule has 0 aromatic heterocycles. The molecule has 0 bridgehead atoms. The van der Waals surface area contributed by atoms with Gasteiger partial charge < -0.3 is 24.8 Å². The zero-order chi connectivity index (χ0) is 26.7. The molecule has 2 N–H and O–H groups in total. The van der Waals surface area contributed by atoms with E-state index >= 15 is 0 Å². The summed E-state index contributed by atoms with van der Waals surface area (Å²) in [7, 11) is 1.90. The fourth-order valence-electron chi connectivity index (χ4n) is 4.67. The van der Waals surface area contributed by atoms with Gasteiger partial charge in [0.25, 0.3) is 11.8 Å². The summed E-state index contributed by atoms with van der Waals surface area (Å²) < 4.78 is 16.9. The van der Waals surface area contributed by atoms with Crippen molar-refractivity contribution in [3.63, 3.8) is 0 Å². The van der Waals surface area contributed by atoms with Crippen LogP contribution in [-0.2, 0) is 16.0 Å². The van der Waals surface area contributed by atoms with Gasteiger partial charge in [-0.25, -0.2) is 0 Å². The molecule has 8 nitrogen and oxygen atoms in total. The maximum absolute atomic E-state index is 14.0. The highest BCUT2D eigenvalue weighted by atomic mass is 28.3. The molecule has 1 atom stereocenters. The summed E-state index contributed by atoms with van der Waals surface area (Å²) >= 11 is 0. The first-order chi connectivity index (χ1) is 17.7. The van der Waals surface area contributed by atoms with Gasteiger partial charge in [-0.15, -0.1) is 0 Å². The smallest absolute Gasteiger partial charge is 0.260 e. The van der Waals surface area contributed by atoms with Crippen LogP contribution in [0.4, 0.5) is 5.69 Å². The molecule has 37 heavy (non-hydrogen) atoms. The summed E-state index contributed by atoms with van der Waals surface area (Å²) in [6.07, 6.45) is 2.78. The zero-order valence-electron chi connectivity index (χ0n) is 22.4. The van der Waals surface area contributed by atoms with Crippen LogP contribution in [0.2, 0.25) is 25.7 Å². The van der Waals surface area contributed by atoms with Crippen LogP contribution in [-0.4, -0.2) is 64.9 Å². The number of hydrogen-bond donors (Lipinski definition) is 1. The Hall–Kier alpha value is -3.14. The van der Waals surface area contributed by atoms with Gasteiger partial charge in [0.15, 0.2) is 0 Å². The number of fused-ring (bicyclic) bond motifs is 2. The average Bonchev–Trinajstić information content (AvgIpc) is 3.30. The van der Waals surface area contributed by atoms with Crippen LogP contribution in [0.15, 0.2) is 42.6 Å². The van der Waals surface area contributed by atoms with Gasteiger partial charge in [-0.3, -0.25) is 14.5 Å². The summed E-state index contributed by atoms with van der Waals surface area (Å²) in [5.41, 5.74) is 9.51. The van der Waals surface area contributed by atoms with Crippen LogP contribution in [0.5, 0.6) is 11.5 Å². The van der Waals surface area contributed by atoms with E-state index in [0.717, 1.165) is 28.5 Å². The molecule has 0 fully saturated rings. The Labute approximate surface area is 220 Å². The van der Waals surface area contributed by atoms with E-state index in [1.165, 1.54) is 0 Å². The van der Waals surface area contributed by atoms with Crippen LogP contribution < -0.4 is 20.1 Å². The van der Waals surface area contributed by atoms with Crippen molar-refractivity contribution in [2.24, 2.45) is 5.73 Å². The molecule has 0 saturated heterocycles. The predicted molar refractivity (Wildman–Crippen MR) is 148 cm³/mol. The van der Waals surface area contributed by atoms with Gasteiger partial charge in [0, 0.05) is 27.3 Å². The third-order valence-corrected chi connectivity index (χ3v) is 8.54. The average molecular weight is 524 g/mol. The first-order valence-corrected chi connectivity index (χ1v) is 16.4. The fourth-order valence-corrected chi connectivity index (χ4v) is 5.43. The van der Waals surface area contributed by atoms with Crippen molar-refractivity contribution in [2.45, 2.75) is 44.6 Å². The first kappa shape index (κ1) is 26.9. The van der Waals surface area contributed by atoms with Gasteiger partial charge in [0.2, 0.25) is 0 Å². The molecule has 1 unspecified atom stereocenters. The van der Waals surface area contributed by atoms with E-state index < -0.39 is 14.1 Å². The van der Waals surface area contributed by atoms with Gasteiger partial charge in [-0.1, -0.05) is 31.8 Å². The monoisotopic (exact) mass is 523 g/mol. The highest BCUT2D eigenvalue weighted by molar-refractivity contribution is 6.76. The summed E-state index contributed by atoms with van der Waals surface area (Å²) in [4.78, 5) is 31.0. The number of hydrogen-bond acceptors (Lipinski definition) is 6. The molecule has 2 aliphatic rings. The van der Waals surface area contributed by atoms with E-state index in [2.05, 4.69) is 19.6 Å². The van der Waals surface area contributed by atoms with Crippen molar-refractivity contribution < 1.29 is 23.8 Å². The lowest BCUT2D eigenvalue weighted by atomic mass is 10.0. The normalized spacial score (nSPS) is 17.4.